The van der Waals surface area contributed by atoms with E-state index in [1.165, 1.54) is 11.3 Å². The van der Waals surface area contributed by atoms with Gasteiger partial charge in [-0.3, -0.25) is 0 Å². The lowest BCUT2D eigenvalue weighted by Gasteiger charge is -2.23. The van der Waals surface area contributed by atoms with Crippen molar-refractivity contribution in [2.75, 3.05) is 6.61 Å². The van der Waals surface area contributed by atoms with Crippen LogP contribution >= 0.6 is 11.3 Å². The largest absolute Gasteiger partial charge is 0.444 e. The molecule has 3 heterocycles. The third-order valence-electron chi connectivity index (χ3n) is 3.95. The van der Waals surface area contributed by atoms with Crippen molar-refractivity contribution in [2.45, 2.75) is 65.3 Å². The number of ether oxygens (including phenoxy) is 2. The summed E-state index contributed by atoms with van der Waals surface area (Å²) < 4.78 is 13.0. The van der Waals surface area contributed by atoms with E-state index in [9.17, 15) is 4.79 Å². The standard InChI is InChI=1S/C18H26N4O3S/c1-12-9-13(21-22(12)16-7-5-6-8-24-16)14-11-26-15(20-14)10-19-17(23)25-18(2,3)4/h9,11,16H,5-8,10H2,1-4H3,(H,19,23). The Morgan fingerprint density at radius 1 is 1.42 bits per heavy atom. The van der Waals surface area contributed by atoms with Crippen molar-refractivity contribution in [3.05, 3.63) is 22.1 Å². The predicted octanol–water partition coefficient (Wildman–Crippen LogP) is 4.04. The van der Waals surface area contributed by atoms with Crippen molar-refractivity contribution < 1.29 is 14.3 Å². The number of hydrogen-bond acceptors (Lipinski definition) is 6. The van der Waals surface area contributed by atoms with E-state index < -0.39 is 11.7 Å². The highest BCUT2D eigenvalue weighted by Gasteiger charge is 2.20. The fraction of sp³-hybridized carbons (Fsp3) is 0.611. The van der Waals surface area contributed by atoms with Crippen molar-refractivity contribution >= 4 is 17.4 Å². The van der Waals surface area contributed by atoms with Crippen LogP contribution in [0.25, 0.3) is 11.4 Å². The second-order valence-electron chi connectivity index (χ2n) is 7.42. The zero-order chi connectivity index (χ0) is 18.7. The number of carbonyl (C=O) groups excluding carboxylic acids is 1. The summed E-state index contributed by atoms with van der Waals surface area (Å²) in [6, 6.07) is 2.03. The van der Waals surface area contributed by atoms with E-state index in [-0.39, 0.29) is 6.23 Å². The Labute approximate surface area is 157 Å². The molecule has 2 aromatic rings. The summed E-state index contributed by atoms with van der Waals surface area (Å²) in [4.78, 5) is 16.3. The fourth-order valence-electron chi connectivity index (χ4n) is 2.79. The number of nitrogens with zero attached hydrogens (tertiary/aromatic N) is 3. The van der Waals surface area contributed by atoms with Crippen molar-refractivity contribution in [1.82, 2.24) is 20.1 Å². The van der Waals surface area contributed by atoms with Crippen LogP contribution in [0.2, 0.25) is 0 Å². The molecule has 3 rings (SSSR count). The number of aryl methyl sites for hydroxylation is 1. The number of amides is 1. The molecule has 0 bridgehead atoms. The Morgan fingerprint density at radius 2 is 2.23 bits per heavy atom. The van der Waals surface area contributed by atoms with Crippen molar-refractivity contribution in [3.8, 4) is 11.4 Å². The van der Waals surface area contributed by atoms with E-state index >= 15 is 0 Å². The molecule has 1 atom stereocenters. The normalized spacial score (nSPS) is 17.9. The van der Waals surface area contributed by atoms with Gasteiger partial charge in [-0.25, -0.2) is 14.5 Å². The molecule has 1 N–H and O–H groups in total. The van der Waals surface area contributed by atoms with Crippen molar-refractivity contribution in [2.24, 2.45) is 0 Å². The molecular formula is C18H26N4O3S. The van der Waals surface area contributed by atoms with Gasteiger partial charge in [-0.2, -0.15) is 5.10 Å². The molecule has 0 saturated carbocycles. The average Bonchev–Trinajstić information content (AvgIpc) is 3.19. The molecule has 0 spiro atoms. The van der Waals surface area contributed by atoms with Crippen molar-refractivity contribution in [3.63, 3.8) is 0 Å². The van der Waals surface area contributed by atoms with Gasteiger partial charge in [0.2, 0.25) is 0 Å². The Morgan fingerprint density at radius 3 is 2.92 bits per heavy atom. The molecule has 26 heavy (non-hydrogen) atoms. The van der Waals surface area contributed by atoms with Crippen LogP contribution in [0.15, 0.2) is 11.4 Å². The van der Waals surface area contributed by atoms with Gasteiger partial charge in [0.05, 0.1) is 6.54 Å². The number of alkyl carbamates (subject to hydrolysis) is 1. The first-order chi connectivity index (χ1) is 12.3. The summed E-state index contributed by atoms with van der Waals surface area (Å²) in [6.45, 7) is 8.67. The van der Waals surface area contributed by atoms with E-state index in [1.807, 2.05) is 43.8 Å². The van der Waals surface area contributed by atoms with Crippen LogP contribution in [0, 0.1) is 6.92 Å². The Hall–Kier alpha value is -1.93. The minimum Gasteiger partial charge on any atom is -0.444 e. The Kier molecular flexibility index (Phi) is 5.62. The molecule has 1 aliphatic heterocycles. The smallest absolute Gasteiger partial charge is 0.408 e. The van der Waals surface area contributed by atoms with Crippen LogP contribution in [0.5, 0.6) is 0 Å². The molecule has 2 aromatic heterocycles. The van der Waals surface area contributed by atoms with E-state index in [1.54, 1.807) is 0 Å². The van der Waals surface area contributed by atoms with Crippen LogP contribution in [-0.4, -0.2) is 33.1 Å². The van der Waals surface area contributed by atoms with Gasteiger partial charge >= 0.3 is 6.09 Å². The van der Waals surface area contributed by atoms with Gasteiger partial charge in [0, 0.05) is 17.7 Å². The predicted molar refractivity (Wildman–Crippen MR) is 100.0 cm³/mol. The van der Waals surface area contributed by atoms with Gasteiger partial charge in [0.25, 0.3) is 0 Å². The summed E-state index contributed by atoms with van der Waals surface area (Å²) >= 11 is 1.49. The zero-order valence-electron chi connectivity index (χ0n) is 15.7. The molecule has 1 aliphatic rings. The van der Waals surface area contributed by atoms with Crippen molar-refractivity contribution in [1.29, 1.82) is 0 Å². The number of nitrogens with one attached hydrogen (secondary N) is 1. The van der Waals surface area contributed by atoms with Gasteiger partial charge in [-0.05, 0) is 53.0 Å². The summed E-state index contributed by atoms with van der Waals surface area (Å²) in [5.41, 5.74) is 2.20. The maximum absolute atomic E-state index is 11.7. The van der Waals surface area contributed by atoms with E-state index in [4.69, 9.17) is 9.47 Å². The lowest BCUT2D eigenvalue weighted by Crippen LogP contribution is -2.32. The van der Waals surface area contributed by atoms with Crippen LogP contribution < -0.4 is 5.32 Å². The minimum absolute atomic E-state index is 0.0180. The summed E-state index contributed by atoms with van der Waals surface area (Å²) in [7, 11) is 0. The lowest BCUT2D eigenvalue weighted by atomic mass is 10.2. The molecule has 1 amide bonds. The molecule has 1 saturated heterocycles. The van der Waals surface area contributed by atoms with Gasteiger partial charge in [-0.1, -0.05) is 0 Å². The second-order valence-corrected chi connectivity index (χ2v) is 8.36. The highest BCUT2D eigenvalue weighted by atomic mass is 32.1. The number of hydrogen-bond donors (Lipinski definition) is 1. The first kappa shape index (κ1) is 18.8. The summed E-state index contributed by atoms with van der Waals surface area (Å²) in [6.07, 6.45) is 2.85. The van der Waals surface area contributed by atoms with Crippen LogP contribution in [0.4, 0.5) is 4.79 Å². The van der Waals surface area contributed by atoms with Crippen LogP contribution in [-0.2, 0) is 16.0 Å². The minimum atomic E-state index is -0.510. The van der Waals surface area contributed by atoms with Gasteiger partial charge in [0.1, 0.15) is 28.2 Å². The fourth-order valence-corrected chi connectivity index (χ4v) is 3.52. The second kappa shape index (κ2) is 7.75. The van der Waals surface area contributed by atoms with Gasteiger partial charge in [-0.15, -0.1) is 11.3 Å². The van der Waals surface area contributed by atoms with E-state index in [2.05, 4.69) is 15.4 Å². The third kappa shape index (κ3) is 4.82. The number of aromatic nitrogens is 3. The summed E-state index contributed by atoms with van der Waals surface area (Å²) in [5, 5.41) is 10.2. The third-order valence-corrected chi connectivity index (χ3v) is 4.80. The number of rotatable bonds is 4. The Bertz CT molecular complexity index is 757. The Balaban J connectivity index is 1.63. The molecule has 7 nitrogen and oxygen atoms in total. The van der Waals surface area contributed by atoms with Gasteiger partial charge in [0.15, 0.2) is 0 Å². The maximum atomic E-state index is 11.7. The quantitative estimate of drug-likeness (QED) is 0.869. The topological polar surface area (TPSA) is 78.3 Å². The molecular weight excluding hydrogens is 352 g/mol. The molecule has 142 valence electrons. The SMILES string of the molecule is Cc1cc(-c2csc(CNC(=O)OC(C)(C)C)n2)nn1C1CCCCO1. The molecule has 1 fully saturated rings. The maximum Gasteiger partial charge on any atom is 0.408 e. The highest BCUT2D eigenvalue weighted by molar-refractivity contribution is 7.09. The number of carbonyl (C=O) groups is 1. The molecule has 0 radical (unpaired) electrons. The molecule has 1 unspecified atom stereocenters. The van der Waals surface area contributed by atoms with Gasteiger partial charge < -0.3 is 14.8 Å². The first-order valence-corrected chi connectivity index (χ1v) is 9.79. The zero-order valence-corrected chi connectivity index (χ0v) is 16.6. The summed E-state index contributed by atoms with van der Waals surface area (Å²) in [5.74, 6) is 0. The lowest BCUT2D eigenvalue weighted by molar-refractivity contribution is -0.0405. The monoisotopic (exact) mass is 378 g/mol. The molecule has 0 aliphatic carbocycles. The number of thiazole rings is 1. The van der Waals surface area contributed by atoms with E-state index in [0.717, 1.165) is 48.0 Å². The molecule has 8 heteroatoms. The highest BCUT2D eigenvalue weighted by Crippen LogP contribution is 2.27. The first-order valence-electron chi connectivity index (χ1n) is 8.91. The average molecular weight is 378 g/mol. The molecule has 0 aromatic carbocycles. The van der Waals surface area contributed by atoms with Crippen LogP contribution in [0.3, 0.4) is 0 Å². The van der Waals surface area contributed by atoms with E-state index in [0.29, 0.717) is 6.54 Å². The van der Waals surface area contributed by atoms with Crippen LogP contribution in [0.1, 0.15) is 57.0 Å².